The minimum Gasteiger partial charge on any atom is -0.291 e. The summed E-state index contributed by atoms with van der Waals surface area (Å²) in [4.78, 5) is 16.4. The first kappa shape index (κ1) is 14.8. The summed E-state index contributed by atoms with van der Waals surface area (Å²) in [7, 11) is 1.72. The van der Waals surface area contributed by atoms with Crippen molar-refractivity contribution in [2.75, 3.05) is 0 Å². The van der Waals surface area contributed by atoms with Gasteiger partial charge in [0.25, 0.3) is 5.56 Å². The Bertz CT molecular complexity index is 637. The molecule has 1 aromatic carbocycles. The summed E-state index contributed by atoms with van der Waals surface area (Å²) in [6.07, 6.45) is 1.77. The Kier molecular flexibility index (Phi) is 4.95. The lowest BCUT2D eigenvalue weighted by molar-refractivity contribution is 0.627. The highest BCUT2D eigenvalue weighted by molar-refractivity contribution is 7.98. The summed E-state index contributed by atoms with van der Waals surface area (Å²) >= 11 is 1.49. The maximum absolute atomic E-state index is 12.8. The van der Waals surface area contributed by atoms with Crippen LogP contribution in [0.3, 0.4) is 0 Å². The molecule has 2 aromatic rings. The van der Waals surface area contributed by atoms with Gasteiger partial charge in [0.2, 0.25) is 0 Å². The molecule has 0 atom stereocenters. The molecular weight excluding hydrogens is 275 g/mol. The van der Waals surface area contributed by atoms with Gasteiger partial charge in [0.15, 0.2) is 5.16 Å². The van der Waals surface area contributed by atoms with Gasteiger partial charge >= 0.3 is 0 Å². The Morgan fingerprint density at radius 2 is 2.00 bits per heavy atom. The van der Waals surface area contributed by atoms with Crippen LogP contribution in [0.1, 0.15) is 24.6 Å². The molecule has 0 unspecified atom stereocenters. The molecule has 5 heteroatoms. The number of aromatic nitrogens is 2. The van der Waals surface area contributed by atoms with Crippen molar-refractivity contribution < 1.29 is 4.39 Å². The summed E-state index contributed by atoms with van der Waals surface area (Å²) in [5.74, 6) is 0.421. The molecule has 0 aliphatic heterocycles. The fourth-order valence-electron chi connectivity index (χ4n) is 1.81. The van der Waals surface area contributed by atoms with Crippen LogP contribution in [0, 0.1) is 5.82 Å². The standard InChI is InChI=1S/C15H17FN2OS/c1-3-4-13-9-14(19)18(2)15(17-13)20-10-11-5-7-12(16)8-6-11/h5-9H,3-4,10H2,1-2H3. The van der Waals surface area contributed by atoms with Crippen LogP contribution >= 0.6 is 11.8 Å². The van der Waals surface area contributed by atoms with E-state index >= 15 is 0 Å². The van der Waals surface area contributed by atoms with Crippen LogP contribution in [0.4, 0.5) is 4.39 Å². The fourth-order valence-corrected chi connectivity index (χ4v) is 2.76. The smallest absolute Gasteiger partial charge is 0.254 e. The van der Waals surface area contributed by atoms with E-state index in [4.69, 9.17) is 0 Å². The Hall–Kier alpha value is -1.62. The summed E-state index contributed by atoms with van der Waals surface area (Å²) in [5.41, 5.74) is 1.80. The van der Waals surface area contributed by atoms with E-state index in [-0.39, 0.29) is 11.4 Å². The van der Waals surface area contributed by atoms with Crippen molar-refractivity contribution >= 4 is 11.8 Å². The number of halogens is 1. The van der Waals surface area contributed by atoms with Crippen LogP contribution in [0.2, 0.25) is 0 Å². The van der Waals surface area contributed by atoms with Crippen molar-refractivity contribution in [2.24, 2.45) is 7.05 Å². The Balaban J connectivity index is 2.16. The van der Waals surface area contributed by atoms with E-state index in [9.17, 15) is 9.18 Å². The highest BCUT2D eigenvalue weighted by Gasteiger charge is 2.06. The second kappa shape index (κ2) is 6.70. The Morgan fingerprint density at radius 3 is 2.65 bits per heavy atom. The van der Waals surface area contributed by atoms with Gasteiger partial charge in [0, 0.05) is 24.6 Å². The van der Waals surface area contributed by atoms with Gasteiger partial charge in [-0.25, -0.2) is 9.37 Å². The minimum absolute atomic E-state index is 0.0370. The Labute approximate surface area is 121 Å². The highest BCUT2D eigenvalue weighted by Crippen LogP contribution is 2.20. The second-order valence-corrected chi connectivity index (χ2v) is 5.53. The molecule has 2 rings (SSSR count). The number of thioether (sulfide) groups is 1. The number of hydrogen-bond donors (Lipinski definition) is 0. The van der Waals surface area contributed by atoms with E-state index in [1.54, 1.807) is 29.8 Å². The van der Waals surface area contributed by atoms with E-state index < -0.39 is 0 Å². The molecule has 0 aliphatic carbocycles. The molecule has 0 fully saturated rings. The average Bonchev–Trinajstić information content (AvgIpc) is 2.43. The van der Waals surface area contributed by atoms with Crippen LogP contribution in [-0.2, 0) is 19.2 Å². The van der Waals surface area contributed by atoms with E-state index in [2.05, 4.69) is 11.9 Å². The zero-order valence-corrected chi connectivity index (χ0v) is 12.4. The zero-order chi connectivity index (χ0) is 14.5. The van der Waals surface area contributed by atoms with Crippen molar-refractivity contribution in [3.8, 4) is 0 Å². The first-order valence-electron chi connectivity index (χ1n) is 6.54. The van der Waals surface area contributed by atoms with Gasteiger partial charge in [0.05, 0.1) is 0 Å². The number of aryl methyl sites for hydroxylation is 1. The third-order valence-electron chi connectivity index (χ3n) is 2.93. The number of benzene rings is 1. The maximum Gasteiger partial charge on any atom is 0.254 e. The molecule has 1 heterocycles. The summed E-state index contributed by atoms with van der Waals surface area (Å²) in [6, 6.07) is 7.96. The summed E-state index contributed by atoms with van der Waals surface area (Å²) in [5, 5.41) is 0.699. The quantitative estimate of drug-likeness (QED) is 0.627. The first-order valence-corrected chi connectivity index (χ1v) is 7.53. The third kappa shape index (κ3) is 3.70. The van der Waals surface area contributed by atoms with E-state index in [1.807, 2.05) is 0 Å². The molecular formula is C15H17FN2OS. The largest absolute Gasteiger partial charge is 0.291 e. The van der Waals surface area contributed by atoms with E-state index in [1.165, 1.54) is 23.9 Å². The molecule has 0 N–H and O–H groups in total. The van der Waals surface area contributed by atoms with Gasteiger partial charge in [-0.15, -0.1) is 0 Å². The van der Waals surface area contributed by atoms with Crippen molar-refractivity contribution in [3.63, 3.8) is 0 Å². The molecule has 106 valence electrons. The molecule has 20 heavy (non-hydrogen) atoms. The molecule has 0 spiro atoms. The van der Waals surface area contributed by atoms with Crippen molar-refractivity contribution in [1.82, 2.24) is 9.55 Å². The molecule has 0 saturated carbocycles. The minimum atomic E-state index is -0.241. The van der Waals surface area contributed by atoms with Crippen LogP contribution < -0.4 is 5.56 Å². The number of rotatable bonds is 5. The average molecular weight is 292 g/mol. The van der Waals surface area contributed by atoms with Crippen LogP contribution in [0.5, 0.6) is 0 Å². The predicted molar refractivity (Wildman–Crippen MR) is 79.4 cm³/mol. The van der Waals surface area contributed by atoms with Crippen LogP contribution in [0.25, 0.3) is 0 Å². The van der Waals surface area contributed by atoms with Gasteiger partial charge in [-0.05, 0) is 24.1 Å². The van der Waals surface area contributed by atoms with Crippen molar-refractivity contribution in [3.05, 3.63) is 57.8 Å². The summed E-state index contributed by atoms with van der Waals surface area (Å²) < 4.78 is 14.4. The molecule has 1 aromatic heterocycles. The molecule has 3 nitrogen and oxygen atoms in total. The Morgan fingerprint density at radius 1 is 1.30 bits per heavy atom. The van der Waals surface area contributed by atoms with Gasteiger partial charge in [0.1, 0.15) is 5.82 Å². The van der Waals surface area contributed by atoms with E-state index in [0.717, 1.165) is 24.1 Å². The molecule has 0 amide bonds. The van der Waals surface area contributed by atoms with Gasteiger partial charge < -0.3 is 0 Å². The lowest BCUT2D eigenvalue weighted by Crippen LogP contribution is -2.20. The third-order valence-corrected chi connectivity index (χ3v) is 4.04. The van der Waals surface area contributed by atoms with Crippen LogP contribution in [0.15, 0.2) is 40.3 Å². The lowest BCUT2D eigenvalue weighted by Gasteiger charge is -2.08. The molecule has 0 aliphatic rings. The zero-order valence-electron chi connectivity index (χ0n) is 11.6. The predicted octanol–water partition coefficient (Wildman–Crippen LogP) is 3.16. The maximum atomic E-state index is 12.8. The molecule has 0 bridgehead atoms. The van der Waals surface area contributed by atoms with E-state index in [0.29, 0.717) is 10.9 Å². The number of hydrogen-bond acceptors (Lipinski definition) is 3. The molecule has 0 radical (unpaired) electrons. The van der Waals surface area contributed by atoms with Gasteiger partial charge in [-0.2, -0.15) is 0 Å². The summed E-state index contributed by atoms with van der Waals surface area (Å²) in [6.45, 7) is 2.06. The lowest BCUT2D eigenvalue weighted by atomic mass is 10.2. The number of nitrogens with zero attached hydrogens (tertiary/aromatic N) is 2. The highest BCUT2D eigenvalue weighted by atomic mass is 32.2. The monoisotopic (exact) mass is 292 g/mol. The van der Waals surface area contributed by atoms with Crippen molar-refractivity contribution in [2.45, 2.75) is 30.7 Å². The normalized spacial score (nSPS) is 10.8. The molecule has 0 saturated heterocycles. The fraction of sp³-hybridized carbons (Fsp3) is 0.333. The SMILES string of the molecule is CCCc1cc(=O)n(C)c(SCc2ccc(F)cc2)n1. The second-order valence-electron chi connectivity index (χ2n) is 4.59. The van der Waals surface area contributed by atoms with Crippen molar-refractivity contribution in [1.29, 1.82) is 0 Å². The van der Waals surface area contributed by atoms with Gasteiger partial charge in [-0.1, -0.05) is 37.2 Å². The topological polar surface area (TPSA) is 34.9 Å². The van der Waals surface area contributed by atoms with Crippen LogP contribution in [-0.4, -0.2) is 9.55 Å². The van der Waals surface area contributed by atoms with Gasteiger partial charge in [-0.3, -0.25) is 9.36 Å². The first-order chi connectivity index (χ1) is 9.60.